The summed E-state index contributed by atoms with van der Waals surface area (Å²) in [5, 5.41) is 13.6. The molecule has 8 heteroatoms. The first-order chi connectivity index (χ1) is 18.1. The molecule has 38 heavy (non-hydrogen) atoms. The standard InChI is InChI=1S/C30H52N2O6/c1-21(2)23(17-22-13-14-27(36-6)28(18-22)37-16-10-15-35-5)19-25(31)26(33)20-32-29(34)30(3,4)38-24-11-8-7-9-12-24/h13-14,18,21,23-26,33H,7-12,15-17,19-20,31H2,1-6H3,(H,32,34). The molecule has 8 nitrogen and oxygen atoms in total. The zero-order chi connectivity index (χ0) is 28.1. The Morgan fingerprint density at radius 3 is 2.47 bits per heavy atom. The molecule has 0 radical (unpaired) electrons. The quantitative estimate of drug-likeness (QED) is 0.255. The Bertz CT molecular complexity index is 825. The van der Waals surface area contributed by atoms with Gasteiger partial charge in [-0.05, 0) is 69.1 Å². The van der Waals surface area contributed by atoms with Crippen molar-refractivity contribution in [1.82, 2.24) is 5.32 Å². The van der Waals surface area contributed by atoms with E-state index in [0.29, 0.717) is 37.1 Å². The summed E-state index contributed by atoms with van der Waals surface area (Å²) in [6, 6.07) is 5.54. The maximum atomic E-state index is 12.8. The number of hydrogen-bond donors (Lipinski definition) is 3. The normalized spacial score (nSPS) is 17.2. The predicted molar refractivity (Wildman–Crippen MR) is 151 cm³/mol. The number of nitrogens with two attached hydrogens (primary N) is 1. The highest BCUT2D eigenvalue weighted by molar-refractivity contribution is 5.84. The summed E-state index contributed by atoms with van der Waals surface area (Å²) in [6.07, 6.45) is 7.02. The van der Waals surface area contributed by atoms with Gasteiger partial charge in [0.05, 0.1) is 25.9 Å². The van der Waals surface area contributed by atoms with E-state index in [1.54, 1.807) is 28.1 Å². The number of carbonyl (C=O) groups is 1. The molecule has 0 spiro atoms. The van der Waals surface area contributed by atoms with E-state index in [1.807, 2.05) is 18.2 Å². The molecule has 3 atom stereocenters. The summed E-state index contributed by atoms with van der Waals surface area (Å²) in [5.74, 6) is 1.81. The molecule has 1 amide bonds. The predicted octanol–water partition coefficient (Wildman–Crippen LogP) is 4.25. The first-order valence-corrected chi connectivity index (χ1v) is 14.3. The summed E-state index contributed by atoms with van der Waals surface area (Å²) in [4.78, 5) is 12.8. The van der Waals surface area contributed by atoms with Gasteiger partial charge in [0, 0.05) is 32.7 Å². The minimum Gasteiger partial charge on any atom is -0.493 e. The van der Waals surface area contributed by atoms with Gasteiger partial charge in [0.2, 0.25) is 0 Å². The van der Waals surface area contributed by atoms with E-state index in [4.69, 9.17) is 24.7 Å². The number of carbonyl (C=O) groups excluding carboxylic acids is 1. The van der Waals surface area contributed by atoms with Crippen molar-refractivity contribution < 1.29 is 28.8 Å². The SMILES string of the molecule is COCCCOc1cc(CC(CC(N)C(O)CNC(=O)C(C)(C)OC2CCCCC2)C(C)C)ccc1OC. The second kappa shape index (κ2) is 16.3. The molecule has 1 saturated carbocycles. The van der Waals surface area contributed by atoms with Crippen LogP contribution in [0.4, 0.5) is 0 Å². The van der Waals surface area contributed by atoms with Gasteiger partial charge in [-0.2, -0.15) is 0 Å². The van der Waals surface area contributed by atoms with Crippen LogP contribution in [0.2, 0.25) is 0 Å². The number of hydrogen-bond acceptors (Lipinski definition) is 7. The zero-order valence-corrected chi connectivity index (χ0v) is 24.5. The fourth-order valence-electron chi connectivity index (χ4n) is 4.96. The Kier molecular flexibility index (Phi) is 13.9. The molecule has 0 aliphatic heterocycles. The Morgan fingerprint density at radius 1 is 1.13 bits per heavy atom. The number of ether oxygens (including phenoxy) is 4. The number of aliphatic hydroxyl groups excluding tert-OH is 1. The van der Waals surface area contributed by atoms with Gasteiger partial charge < -0.3 is 35.1 Å². The van der Waals surface area contributed by atoms with Gasteiger partial charge in [0.15, 0.2) is 11.5 Å². The lowest BCUT2D eigenvalue weighted by Gasteiger charge is -2.32. The van der Waals surface area contributed by atoms with Crippen molar-refractivity contribution in [3.8, 4) is 11.5 Å². The Morgan fingerprint density at radius 2 is 1.84 bits per heavy atom. The van der Waals surface area contributed by atoms with Crippen molar-refractivity contribution in [2.45, 2.75) is 103 Å². The van der Waals surface area contributed by atoms with Crippen molar-refractivity contribution >= 4 is 5.91 Å². The monoisotopic (exact) mass is 536 g/mol. The molecule has 4 N–H and O–H groups in total. The van der Waals surface area contributed by atoms with Crippen LogP contribution in [-0.2, 0) is 20.7 Å². The average Bonchev–Trinajstić information content (AvgIpc) is 2.89. The molecule has 1 aliphatic rings. The summed E-state index contributed by atoms with van der Waals surface area (Å²) in [6.45, 7) is 9.22. The van der Waals surface area contributed by atoms with Crippen molar-refractivity contribution in [2.75, 3.05) is 34.0 Å². The Labute approximate surface area is 229 Å². The van der Waals surface area contributed by atoms with E-state index in [-0.39, 0.29) is 24.5 Å². The summed E-state index contributed by atoms with van der Waals surface area (Å²) in [5.41, 5.74) is 6.62. The number of methoxy groups -OCH3 is 2. The molecule has 0 heterocycles. The maximum Gasteiger partial charge on any atom is 0.251 e. The first kappa shape index (κ1) is 32.3. The third kappa shape index (κ3) is 10.7. The highest BCUT2D eigenvalue weighted by atomic mass is 16.5. The molecule has 0 bridgehead atoms. The average molecular weight is 537 g/mol. The van der Waals surface area contributed by atoms with Crippen molar-refractivity contribution in [2.24, 2.45) is 17.6 Å². The topological polar surface area (TPSA) is 112 Å². The molecule has 2 rings (SSSR count). The van der Waals surface area contributed by atoms with E-state index < -0.39 is 17.7 Å². The minimum absolute atomic E-state index is 0.101. The van der Waals surface area contributed by atoms with Gasteiger partial charge in [-0.3, -0.25) is 4.79 Å². The van der Waals surface area contributed by atoms with Crippen molar-refractivity contribution in [3.63, 3.8) is 0 Å². The van der Waals surface area contributed by atoms with Gasteiger partial charge >= 0.3 is 0 Å². The molecule has 0 saturated heterocycles. The van der Waals surface area contributed by atoms with Gasteiger partial charge in [-0.25, -0.2) is 0 Å². The van der Waals surface area contributed by atoms with Crippen molar-refractivity contribution in [3.05, 3.63) is 23.8 Å². The van der Waals surface area contributed by atoms with E-state index in [2.05, 4.69) is 19.2 Å². The van der Waals surface area contributed by atoms with E-state index in [1.165, 1.54) is 6.42 Å². The van der Waals surface area contributed by atoms with Crippen molar-refractivity contribution in [1.29, 1.82) is 0 Å². The molecule has 1 fully saturated rings. The van der Waals surface area contributed by atoms with Crippen LogP contribution in [0.25, 0.3) is 0 Å². The van der Waals surface area contributed by atoms with Crippen LogP contribution in [0.3, 0.4) is 0 Å². The summed E-state index contributed by atoms with van der Waals surface area (Å²) in [7, 11) is 3.31. The first-order valence-electron chi connectivity index (χ1n) is 14.3. The molecule has 218 valence electrons. The highest BCUT2D eigenvalue weighted by Crippen LogP contribution is 2.31. The lowest BCUT2D eigenvalue weighted by Crippen LogP contribution is -2.51. The lowest BCUT2D eigenvalue weighted by molar-refractivity contribution is -0.152. The molecule has 0 aromatic heterocycles. The third-order valence-corrected chi connectivity index (χ3v) is 7.52. The molecule has 1 aromatic carbocycles. The molecular formula is C30H52N2O6. The van der Waals surface area contributed by atoms with Crippen LogP contribution in [0.1, 0.15) is 78.2 Å². The van der Waals surface area contributed by atoms with Crippen LogP contribution in [0, 0.1) is 11.8 Å². The number of amides is 1. The van der Waals surface area contributed by atoms with Crippen LogP contribution in [0.15, 0.2) is 18.2 Å². The summed E-state index contributed by atoms with van der Waals surface area (Å²) >= 11 is 0. The molecular weight excluding hydrogens is 484 g/mol. The molecule has 3 unspecified atom stereocenters. The second-order valence-electron chi connectivity index (χ2n) is 11.5. The molecule has 1 aromatic rings. The molecule has 1 aliphatic carbocycles. The van der Waals surface area contributed by atoms with Crippen LogP contribution < -0.4 is 20.5 Å². The number of nitrogens with one attached hydrogen (secondary N) is 1. The van der Waals surface area contributed by atoms with Gasteiger partial charge in [0.25, 0.3) is 5.91 Å². The third-order valence-electron chi connectivity index (χ3n) is 7.52. The number of aliphatic hydroxyl groups is 1. The van der Waals surface area contributed by atoms with E-state index in [9.17, 15) is 9.90 Å². The smallest absolute Gasteiger partial charge is 0.251 e. The maximum absolute atomic E-state index is 12.8. The summed E-state index contributed by atoms with van der Waals surface area (Å²) < 4.78 is 22.6. The number of benzene rings is 1. The van der Waals surface area contributed by atoms with Gasteiger partial charge in [-0.15, -0.1) is 0 Å². The zero-order valence-electron chi connectivity index (χ0n) is 24.5. The largest absolute Gasteiger partial charge is 0.493 e. The lowest BCUT2D eigenvalue weighted by atomic mass is 9.83. The fourth-order valence-corrected chi connectivity index (χ4v) is 4.96. The minimum atomic E-state index is -0.940. The van der Waals surface area contributed by atoms with Gasteiger partial charge in [0.1, 0.15) is 5.60 Å². The number of rotatable bonds is 17. The van der Waals surface area contributed by atoms with Crippen LogP contribution in [0.5, 0.6) is 11.5 Å². The second-order valence-corrected chi connectivity index (χ2v) is 11.5. The van der Waals surface area contributed by atoms with Gasteiger partial charge in [-0.1, -0.05) is 39.2 Å². The Balaban J connectivity index is 1.91. The Hall–Kier alpha value is -1.87. The highest BCUT2D eigenvalue weighted by Gasteiger charge is 2.33. The fraction of sp³-hybridized carbons (Fsp3) is 0.767. The van der Waals surface area contributed by atoms with Crippen LogP contribution in [-0.4, -0.2) is 68.8 Å². The van der Waals surface area contributed by atoms with E-state index >= 15 is 0 Å². The van der Waals surface area contributed by atoms with E-state index in [0.717, 1.165) is 44.1 Å². The van der Waals surface area contributed by atoms with Crippen LogP contribution >= 0.6 is 0 Å².